The van der Waals surface area contributed by atoms with Crippen LogP contribution in [0, 0.1) is 22.0 Å². The maximum Gasteiger partial charge on any atom is 0.203 e. The molecule has 2 unspecified atom stereocenters. The quantitative estimate of drug-likeness (QED) is 0.291. The van der Waals surface area contributed by atoms with Gasteiger partial charge >= 0.3 is 0 Å². The number of nitro groups is 1. The molecule has 3 heteroatoms. The molecule has 2 aliphatic carbocycles. The summed E-state index contributed by atoms with van der Waals surface area (Å²) in [5.41, 5.74) is 1.51. The van der Waals surface area contributed by atoms with Gasteiger partial charge in [0, 0.05) is 11.3 Å². The molecule has 3 nitrogen and oxygen atoms in total. The van der Waals surface area contributed by atoms with Gasteiger partial charge in [0.25, 0.3) is 0 Å². The van der Waals surface area contributed by atoms with Crippen LogP contribution in [0.5, 0.6) is 0 Å². The number of rotatable bonds is 5. The highest BCUT2D eigenvalue weighted by Crippen LogP contribution is 2.40. The normalized spacial score (nSPS) is 28.1. The van der Waals surface area contributed by atoms with Crippen molar-refractivity contribution in [1.29, 1.82) is 0 Å². The van der Waals surface area contributed by atoms with E-state index in [4.69, 9.17) is 0 Å². The molecule has 0 aliphatic heterocycles. The zero-order valence-corrected chi connectivity index (χ0v) is 8.19. The van der Waals surface area contributed by atoms with Crippen LogP contribution < -0.4 is 0 Å². The van der Waals surface area contributed by atoms with Gasteiger partial charge in [-0.25, -0.2) is 0 Å². The van der Waals surface area contributed by atoms with Crippen molar-refractivity contribution in [2.24, 2.45) is 11.8 Å². The molecular weight excluding hydrogens is 178 g/mol. The highest BCUT2D eigenvalue weighted by Gasteiger charge is 2.27. The summed E-state index contributed by atoms with van der Waals surface area (Å²) in [6.45, 7) is 0.122. The third-order valence-electron chi connectivity index (χ3n) is 3.08. The Morgan fingerprint density at radius 2 is 2.29 bits per heavy atom. The van der Waals surface area contributed by atoms with Crippen LogP contribution in [-0.4, -0.2) is 11.5 Å². The average molecular weight is 193 g/mol. The monoisotopic (exact) mass is 193 g/mol. The standard InChI is InChI=1S/C11H15NO2/c13-12(14)6-2-1-3-10-7-9-4-5-11(10)8-9/h4-5,7,9,11H,1-3,6,8H2. The molecule has 0 aromatic carbocycles. The second-order valence-corrected chi connectivity index (χ2v) is 4.15. The average Bonchev–Trinajstić information content (AvgIpc) is 2.73. The van der Waals surface area contributed by atoms with E-state index in [1.807, 2.05) is 0 Å². The molecular formula is C11H15NO2. The summed E-state index contributed by atoms with van der Waals surface area (Å²) < 4.78 is 0. The summed E-state index contributed by atoms with van der Waals surface area (Å²) in [4.78, 5) is 9.88. The van der Waals surface area contributed by atoms with Crippen LogP contribution in [0.2, 0.25) is 0 Å². The van der Waals surface area contributed by atoms with Crippen molar-refractivity contribution >= 4 is 0 Å². The van der Waals surface area contributed by atoms with Gasteiger partial charge in [-0.15, -0.1) is 0 Å². The molecule has 2 bridgehead atoms. The van der Waals surface area contributed by atoms with E-state index in [0.29, 0.717) is 18.3 Å². The lowest BCUT2D eigenvalue weighted by Gasteiger charge is -2.08. The van der Waals surface area contributed by atoms with Crippen LogP contribution in [0.3, 0.4) is 0 Å². The minimum atomic E-state index is -0.227. The maximum absolute atomic E-state index is 10.1. The van der Waals surface area contributed by atoms with Crippen LogP contribution >= 0.6 is 0 Å². The molecule has 0 aromatic rings. The second-order valence-electron chi connectivity index (χ2n) is 4.15. The fourth-order valence-corrected chi connectivity index (χ4v) is 2.36. The van der Waals surface area contributed by atoms with Crippen molar-refractivity contribution in [2.75, 3.05) is 6.54 Å². The van der Waals surface area contributed by atoms with Crippen LogP contribution in [0.25, 0.3) is 0 Å². The van der Waals surface area contributed by atoms with Crippen molar-refractivity contribution in [1.82, 2.24) is 0 Å². The van der Waals surface area contributed by atoms with Gasteiger partial charge in [0.2, 0.25) is 6.54 Å². The number of fused-ring (bicyclic) bond motifs is 2. The summed E-state index contributed by atoms with van der Waals surface area (Å²) in [5.74, 6) is 1.33. The Bertz CT molecular complexity index is 294. The van der Waals surface area contributed by atoms with Crippen molar-refractivity contribution in [3.05, 3.63) is 33.9 Å². The van der Waals surface area contributed by atoms with Gasteiger partial charge in [-0.3, -0.25) is 10.1 Å². The number of hydrogen-bond acceptors (Lipinski definition) is 2. The lowest BCUT2D eigenvalue weighted by Crippen LogP contribution is -2.01. The van der Waals surface area contributed by atoms with E-state index in [0.717, 1.165) is 12.8 Å². The van der Waals surface area contributed by atoms with Crippen molar-refractivity contribution < 1.29 is 4.92 Å². The Morgan fingerprint density at radius 1 is 1.43 bits per heavy atom. The van der Waals surface area contributed by atoms with Crippen LogP contribution in [0.15, 0.2) is 23.8 Å². The Morgan fingerprint density at radius 3 is 2.86 bits per heavy atom. The van der Waals surface area contributed by atoms with Crippen LogP contribution in [0.1, 0.15) is 25.7 Å². The second kappa shape index (κ2) is 3.95. The van der Waals surface area contributed by atoms with Gasteiger partial charge in [-0.1, -0.05) is 23.8 Å². The minimum absolute atomic E-state index is 0.122. The van der Waals surface area contributed by atoms with E-state index < -0.39 is 0 Å². The summed E-state index contributed by atoms with van der Waals surface area (Å²) in [6, 6.07) is 0. The fourth-order valence-electron chi connectivity index (χ4n) is 2.36. The number of unbranched alkanes of at least 4 members (excludes halogenated alkanes) is 1. The maximum atomic E-state index is 10.1. The number of allylic oxidation sites excluding steroid dienone is 4. The molecule has 0 saturated heterocycles. The van der Waals surface area contributed by atoms with Crippen LogP contribution in [-0.2, 0) is 0 Å². The molecule has 0 N–H and O–H groups in total. The smallest absolute Gasteiger partial charge is 0.203 e. The third-order valence-corrected chi connectivity index (χ3v) is 3.08. The molecule has 2 atom stereocenters. The zero-order valence-electron chi connectivity index (χ0n) is 8.19. The van der Waals surface area contributed by atoms with Crippen molar-refractivity contribution in [3.8, 4) is 0 Å². The SMILES string of the molecule is O=[N+]([O-])CCCCC1=CC2C=CC1C2. The lowest BCUT2D eigenvalue weighted by atomic mass is 9.98. The van der Waals surface area contributed by atoms with Crippen LogP contribution in [0.4, 0.5) is 0 Å². The Labute approximate surface area is 83.7 Å². The first-order chi connectivity index (χ1) is 6.75. The molecule has 0 saturated carbocycles. The summed E-state index contributed by atoms with van der Waals surface area (Å²) in [6.07, 6.45) is 10.9. The predicted octanol–water partition coefficient (Wildman–Crippen LogP) is 2.57. The Balaban J connectivity index is 1.68. The van der Waals surface area contributed by atoms with E-state index in [1.54, 1.807) is 0 Å². The van der Waals surface area contributed by atoms with Gasteiger partial charge in [0.05, 0.1) is 0 Å². The third kappa shape index (κ3) is 2.03. The first kappa shape index (κ1) is 9.44. The molecule has 0 amide bonds. The molecule has 0 aromatic heterocycles. The van der Waals surface area contributed by atoms with Crippen molar-refractivity contribution in [3.63, 3.8) is 0 Å². The number of nitrogens with zero attached hydrogens (tertiary/aromatic N) is 1. The van der Waals surface area contributed by atoms with Gasteiger partial charge in [-0.2, -0.15) is 0 Å². The highest BCUT2D eigenvalue weighted by molar-refractivity contribution is 5.29. The molecule has 14 heavy (non-hydrogen) atoms. The van der Waals surface area contributed by atoms with Crippen molar-refractivity contribution in [2.45, 2.75) is 25.7 Å². The molecule has 2 aliphatic rings. The molecule has 76 valence electrons. The van der Waals surface area contributed by atoms with E-state index in [2.05, 4.69) is 18.2 Å². The van der Waals surface area contributed by atoms with Gasteiger partial charge in [-0.05, 0) is 31.1 Å². The molecule has 0 spiro atoms. The van der Waals surface area contributed by atoms with E-state index >= 15 is 0 Å². The van der Waals surface area contributed by atoms with E-state index in [1.165, 1.54) is 12.0 Å². The lowest BCUT2D eigenvalue weighted by molar-refractivity contribution is -0.480. The summed E-state index contributed by atoms with van der Waals surface area (Å²) in [5, 5.41) is 10.1. The van der Waals surface area contributed by atoms with Gasteiger partial charge in [0.1, 0.15) is 0 Å². The Hall–Kier alpha value is -1.12. The minimum Gasteiger partial charge on any atom is -0.265 e. The molecule has 0 radical (unpaired) electrons. The predicted molar refractivity (Wildman–Crippen MR) is 54.5 cm³/mol. The molecule has 2 rings (SSSR count). The number of hydrogen-bond donors (Lipinski definition) is 0. The first-order valence-electron chi connectivity index (χ1n) is 5.26. The van der Waals surface area contributed by atoms with Gasteiger partial charge < -0.3 is 0 Å². The topological polar surface area (TPSA) is 43.1 Å². The van der Waals surface area contributed by atoms with Gasteiger partial charge in [0.15, 0.2) is 0 Å². The first-order valence-corrected chi connectivity index (χ1v) is 5.26. The molecule has 0 heterocycles. The van der Waals surface area contributed by atoms with E-state index in [-0.39, 0.29) is 11.5 Å². The summed E-state index contributed by atoms with van der Waals surface area (Å²) in [7, 11) is 0. The Kier molecular flexibility index (Phi) is 2.66. The zero-order chi connectivity index (χ0) is 9.97. The summed E-state index contributed by atoms with van der Waals surface area (Å²) >= 11 is 0. The van der Waals surface area contributed by atoms with E-state index in [9.17, 15) is 10.1 Å². The largest absolute Gasteiger partial charge is 0.265 e. The molecule has 0 fully saturated rings. The fraction of sp³-hybridized carbons (Fsp3) is 0.636. The highest BCUT2D eigenvalue weighted by atomic mass is 16.6.